The van der Waals surface area contributed by atoms with Gasteiger partial charge in [-0.15, -0.1) is 0 Å². The zero-order valence-electron chi connectivity index (χ0n) is 13.1. The summed E-state index contributed by atoms with van der Waals surface area (Å²) >= 11 is 0. The van der Waals surface area contributed by atoms with Crippen LogP contribution in [0.3, 0.4) is 0 Å². The highest BCUT2D eigenvalue weighted by Gasteiger charge is 2.23. The van der Waals surface area contributed by atoms with Gasteiger partial charge in [0.1, 0.15) is 4.90 Å². The van der Waals surface area contributed by atoms with Gasteiger partial charge in [-0.2, -0.15) is 4.31 Å². The molecule has 0 saturated carbocycles. The Hall–Kier alpha value is -1.55. The van der Waals surface area contributed by atoms with Crippen LogP contribution in [0.15, 0.2) is 29.4 Å². The van der Waals surface area contributed by atoms with Crippen LogP contribution < -0.4 is 5.32 Å². The van der Waals surface area contributed by atoms with E-state index < -0.39 is 10.0 Å². The highest BCUT2D eigenvalue weighted by Crippen LogP contribution is 2.11. The quantitative estimate of drug-likeness (QED) is 0.694. The average Bonchev–Trinajstić information content (AvgIpc) is 2.56. The van der Waals surface area contributed by atoms with Crippen molar-refractivity contribution < 1.29 is 17.9 Å². The molecule has 23 heavy (non-hydrogen) atoms. The molecule has 0 bridgehead atoms. The third-order valence-corrected chi connectivity index (χ3v) is 5.35. The van der Waals surface area contributed by atoms with Crippen molar-refractivity contribution in [3.63, 3.8) is 0 Å². The van der Waals surface area contributed by atoms with Gasteiger partial charge in [0.05, 0.1) is 19.8 Å². The monoisotopic (exact) mass is 342 g/mol. The Morgan fingerprint density at radius 1 is 1.43 bits per heavy atom. The largest absolute Gasteiger partial charge is 0.379 e. The van der Waals surface area contributed by atoms with Crippen molar-refractivity contribution in [2.75, 3.05) is 53.0 Å². The van der Waals surface area contributed by atoms with Gasteiger partial charge in [-0.3, -0.25) is 14.7 Å². The predicted octanol–water partition coefficient (Wildman–Crippen LogP) is -0.849. The summed E-state index contributed by atoms with van der Waals surface area (Å²) in [4.78, 5) is 18.0. The Morgan fingerprint density at radius 3 is 2.83 bits per heavy atom. The fourth-order valence-corrected chi connectivity index (χ4v) is 3.29. The lowest BCUT2D eigenvalue weighted by Crippen LogP contribution is -2.43. The number of aromatic nitrogens is 1. The first-order valence-electron chi connectivity index (χ1n) is 7.43. The number of sulfonamides is 1. The van der Waals surface area contributed by atoms with Gasteiger partial charge >= 0.3 is 0 Å². The number of carbonyl (C=O) groups is 1. The molecule has 8 nitrogen and oxygen atoms in total. The van der Waals surface area contributed by atoms with Gasteiger partial charge in [-0.25, -0.2) is 8.42 Å². The van der Waals surface area contributed by atoms with E-state index >= 15 is 0 Å². The minimum absolute atomic E-state index is 0.0728. The van der Waals surface area contributed by atoms with E-state index in [0.29, 0.717) is 19.8 Å². The fourth-order valence-electron chi connectivity index (χ4n) is 2.20. The number of nitrogens with zero attached hydrogens (tertiary/aromatic N) is 3. The second kappa shape index (κ2) is 8.34. The van der Waals surface area contributed by atoms with Crippen molar-refractivity contribution in [1.29, 1.82) is 0 Å². The Morgan fingerprint density at radius 2 is 2.17 bits per heavy atom. The summed E-state index contributed by atoms with van der Waals surface area (Å²) in [6, 6.07) is 3.00. The molecule has 0 aromatic carbocycles. The third-order valence-electron chi connectivity index (χ3n) is 3.56. The van der Waals surface area contributed by atoms with Crippen LogP contribution in [0.4, 0.5) is 0 Å². The number of rotatable bonds is 7. The molecule has 1 aliphatic heterocycles. The van der Waals surface area contributed by atoms with E-state index in [0.717, 1.165) is 23.9 Å². The molecule has 2 heterocycles. The lowest BCUT2D eigenvalue weighted by atomic mass is 10.4. The van der Waals surface area contributed by atoms with Crippen LogP contribution in [-0.2, 0) is 19.6 Å². The smallest absolute Gasteiger partial charge is 0.244 e. The maximum absolute atomic E-state index is 12.3. The summed E-state index contributed by atoms with van der Waals surface area (Å²) < 4.78 is 30.8. The predicted molar refractivity (Wildman–Crippen MR) is 84.3 cm³/mol. The molecule has 9 heteroatoms. The molecule has 2 rings (SSSR count). The molecule has 1 saturated heterocycles. The zero-order valence-corrected chi connectivity index (χ0v) is 14.0. The normalized spacial score (nSPS) is 16.4. The molecular formula is C14H22N4O4S. The summed E-state index contributed by atoms with van der Waals surface area (Å²) in [5.41, 5.74) is 0. The molecule has 1 amide bonds. The Labute approximate surface area is 136 Å². The van der Waals surface area contributed by atoms with Gasteiger partial charge < -0.3 is 10.1 Å². The van der Waals surface area contributed by atoms with Crippen molar-refractivity contribution in [2.24, 2.45) is 0 Å². The first-order chi connectivity index (χ1) is 11.0. The highest BCUT2D eigenvalue weighted by atomic mass is 32.2. The Kier molecular flexibility index (Phi) is 6.46. The standard InChI is InChI=1S/C14H22N4O4S/c1-17(23(20,21)13-3-2-4-15-11-13)12-14(19)16-5-6-18-7-9-22-10-8-18/h2-4,11H,5-10,12H2,1H3,(H,16,19). The van der Waals surface area contributed by atoms with Crippen LogP contribution in [0.5, 0.6) is 0 Å². The number of carbonyl (C=O) groups excluding carboxylic acids is 1. The number of nitrogens with one attached hydrogen (secondary N) is 1. The molecule has 128 valence electrons. The van der Waals surface area contributed by atoms with Crippen LogP contribution in [0.1, 0.15) is 0 Å². The van der Waals surface area contributed by atoms with Crippen LogP contribution in [0.2, 0.25) is 0 Å². The second-order valence-electron chi connectivity index (χ2n) is 5.25. The number of likely N-dealkylation sites (N-methyl/N-ethyl adjacent to an activating group) is 1. The van der Waals surface area contributed by atoms with Gasteiger partial charge in [0.2, 0.25) is 15.9 Å². The molecule has 0 atom stereocenters. The zero-order chi connectivity index (χ0) is 16.7. The lowest BCUT2D eigenvalue weighted by molar-refractivity contribution is -0.121. The van der Waals surface area contributed by atoms with E-state index in [1.807, 2.05) is 0 Å². The van der Waals surface area contributed by atoms with Crippen LogP contribution >= 0.6 is 0 Å². The van der Waals surface area contributed by atoms with Gasteiger partial charge in [0, 0.05) is 45.6 Å². The van der Waals surface area contributed by atoms with E-state index in [1.165, 1.54) is 25.5 Å². The number of morpholine rings is 1. The van der Waals surface area contributed by atoms with E-state index in [2.05, 4.69) is 15.2 Å². The van der Waals surface area contributed by atoms with E-state index in [4.69, 9.17) is 4.74 Å². The Bertz CT molecular complexity index is 602. The number of ether oxygens (including phenoxy) is 1. The van der Waals surface area contributed by atoms with E-state index in [1.54, 1.807) is 6.07 Å². The summed E-state index contributed by atoms with van der Waals surface area (Å²) in [5.74, 6) is -0.326. The summed E-state index contributed by atoms with van der Waals surface area (Å²) in [6.07, 6.45) is 2.76. The number of hydrogen-bond donors (Lipinski definition) is 1. The molecule has 0 aliphatic carbocycles. The van der Waals surface area contributed by atoms with Crippen LogP contribution in [0, 0.1) is 0 Å². The molecule has 1 aromatic rings. The first kappa shape index (κ1) is 17.8. The molecule has 1 aromatic heterocycles. The maximum Gasteiger partial charge on any atom is 0.244 e. The van der Waals surface area contributed by atoms with E-state index in [9.17, 15) is 13.2 Å². The van der Waals surface area contributed by atoms with Crippen molar-refractivity contribution in [3.05, 3.63) is 24.5 Å². The molecule has 0 radical (unpaired) electrons. The molecule has 1 N–H and O–H groups in total. The first-order valence-corrected chi connectivity index (χ1v) is 8.87. The van der Waals surface area contributed by atoms with Crippen molar-refractivity contribution in [2.45, 2.75) is 4.90 Å². The highest BCUT2D eigenvalue weighted by molar-refractivity contribution is 7.89. The van der Waals surface area contributed by atoms with Gasteiger partial charge in [0.15, 0.2) is 0 Å². The number of pyridine rings is 1. The SMILES string of the molecule is CN(CC(=O)NCCN1CCOCC1)S(=O)(=O)c1cccnc1. The molecule has 1 aliphatic rings. The molecule has 1 fully saturated rings. The summed E-state index contributed by atoms with van der Waals surface area (Å²) in [7, 11) is -2.32. The van der Waals surface area contributed by atoms with Gasteiger partial charge in [0.25, 0.3) is 0 Å². The fraction of sp³-hybridized carbons (Fsp3) is 0.571. The van der Waals surface area contributed by atoms with Gasteiger partial charge in [-0.1, -0.05) is 0 Å². The second-order valence-corrected chi connectivity index (χ2v) is 7.30. The number of hydrogen-bond acceptors (Lipinski definition) is 6. The van der Waals surface area contributed by atoms with Crippen molar-refractivity contribution >= 4 is 15.9 Å². The minimum Gasteiger partial charge on any atom is -0.379 e. The summed E-state index contributed by atoms with van der Waals surface area (Å²) in [6.45, 7) is 4.12. The van der Waals surface area contributed by atoms with Crippen LogP contribution in [-0.4, -0.2) is 81.5 Å². The van der Waals surface area contributed by atoms with Crippen LogP contribution in [0.25, 0.3) is 0 Å². The third kappa shape index (κ3) is 5.24. The molecule has 0 unspecified atom stereocenters. The average molecular weight is 342 g/mol. The Balaban J connectivity index is 1.78. The number of amides is 1. The topological polar surface area (TPSA) is 91.8 Å². The maximum atomic E-state index is 12.3. The lowest BCUT2D eigenvalue weighted by Gasteiger charge is -2.26. The van der Waals surface area contributed by atoms with E-state index in [-0.39, 0.29) is 17.3 Å². The van der Waals surface area contributed by atoms with Crippen molar-refractivity contribution in [1.82, 2.24) is 19.5 Å². The molecule has 0 spiro atoms. The minimum atomic E-state index is -3.70. The molecular weight excluding hydrogens is 320 g/mol. The summed E-state index contributed by atoms with van der Waals surface area (Å²) in [5, 5.41) is 2.74. The van der Waals surface area contributed by atoms with Gasteiger partial charge in [-0.05, 0) is 12.1 Å². The van der Waals surface area contributed by atoms with Crippen molar-refractivity contribution in [3.8, 4) is 0 Å².